The average Bonchev–Trinajstić information content (AvgIpc) is 1.62. The molecule has 4 aliphatic heterocycles. The van der Waals surface area contributed by atoms with Crippen LogP contribution in [-0.2, 0) is 77.4 Å². The molecule has 0 saturated carbocycles. The normalized spacial score (nSPS) is 28.8. The molecule has 4 saturated heterocycles. The molecule has 426 valence electrons. The van der Waals surface area contributed by atoms with Gasteiger partial charge in [0.1, 0.15) is 47.8 Å². The SMILES string of the molecule is [2H]C([2H])([2H])Oc1ccc(Cc2cc([C@@]34OC[C@@](CO)(O3)[C@@H](O)[C@H](O)[C@H]4O)ccc2Cl)cc1F.[2H]C([2H])([2H])Oc1ccc(Cc2cc([C@@]34OC[C@@](CO)(O3)[C@@H](OCc3ccccc3)[C@H](OCc3ccccc3)[C@H]4OCc3ccccc3)ccc2Cl)cc1F. The number of ether oxygens (including phenoxy) is 9. The van der Waals surface area contributed by atoms with E-state index in [4.69, 9.17) is 69.3 Å². The van der Waals surface area contributed by atoms with E-state index < -0.39 is 104 Å². The fourth-order valence-corrected chi connectivity index (χ4v) is 11.1. The van der Waals surface area contributed by atoms with Crippen LogP contribution in [0.2, 0.25) is 10.0 Å². The molecule has 11 rings (SSSR count). The number of halogens is 4. The van der Waals surface area contributed by atoms with Crippen LogP contribution < -0.4 is 9.47 Å². The third kappa shape index (κ3) is 11.7. The van der Waals surface area contributed by atoms with E-state index in [0.29, 0.717) is 37.9 Å². The average molecular weight is 1160 g/mol. The first-order chi connectivity index (χ1) is 41.5. The summed E-state index contributed by atoms with van der Waals surface area (Å²) >= 11 is 13.1. The van der Waals surface area contributed by atoms with Gasteiger partial charge in [0.15, 0.2) is 23.1 Å². The minimum absolute atomic E-state index is 0.0343. The Morgan fingerprint density at radius 2 is 0.963 bits per heavy atom. The maximum absolute atomic E-state index is 15.0. The fraction of sp³-hybridized carbons (Fsp3) is 0.333. The molecule has 5 N–H and O–H groups in total. The van der Waals surface area contributed by atoms with Crippen molar-refractivity contribution in [2.45, 2.75) is 92.1 Å². The highest BCUT2D eigenvalue weighted by Crippen LogP contribution is 2.54. The molecule has 7 aromatic rings. The largest absolute Gasteiger partial charge is 0.494 e. The molecule has 7 aromatic carbocycles. The Kier molecular flexibility index (Phi) is 15.6. The van der Waals surface area contributed by atoms with E-state index in [0.717, 1.165) is 22.8 Å². The second-order valence-electron chi connectivity index (χ2n) is 20.3. The van der Waals surface area contributed by atoms with Crippen LogP contribution in [0.4, 0.5) is 8.78 Å². The zero-order valence-electron chi connectivity index (χ0n) is 49.3. The molecule has 0 amide bonds. The summed E-state index contributed by atoms with van der Waals surface area (Å²) in [5, 5.41) is 52.9. The highest BCUT2D eigenvalue weighted by molar-refractivity contribution is 6.31. The van der Waals surface area contributed by atoms with E-state index in [9.17, 15) is 34.3 Å². The maximum Gasteiger partial charge on any atom is 0.225 e. The monoisotopic (exact) mass is 1160 g/mol. The van der Waals surface area contributed by atoms with Gasteiger partial charge < -0.3 is 68.2 Å². The number of methoxy groups -OCH3 is 2. The Hall–Kier alpha value is -5.90. The summed E-state index contributed by atoms with van der Waals surface area (Å²) in [4.78, 5) is 0. The number of aliphatic hydroxyl groups is 5. The van der Waals surface area contributed by atoms with Gasteiger partial charge in [0.2, 0.25) is 11.6 Å². The summed E-state index contributed by atoms with van der Waals surface area (Å²) < 4.78 is 127. The van der Waals surface area contributed by atoms with Gasteiger partial charge in [-0.05, 0) is 100 Å². The standard InChI is InChI=1S/C42H40ClFO7.C21H22ClFO7/c1-46-37-20-17-32(22-36(37)44)21-33-23-34(18-19-35(33)43)42-40(49-26-31-15-9-4-10-16-31)38(47-24-29-11-5-2-6-12-29)39(41(27-45,51-42)28-50-42)48-25-30-13-7-3-8-14-30;1-28-16-5-2-11(7-15(16)23)6-12-8-13(3-4-14(12)22)21-19(27)17(25)18(26)20(9-24,30-21)10-29-21/h2-20,22-23,38-40,45H,21,24-28H2,1H3;2-5,7-8,17-19,24-27H,6,9-10H2,1H3/t38-,39-,40+,41+,42+;17-,18-,19+,20+,21+/m00/s1/i2*1D3. The van der Waals surface area contributed by atoms with Crippen LogP contribution in [0.15, 0.2) is 164 Å². The molecule has 4 bridgehead atoms. The minimum Gasteiger partial charge on any atom is -0.494 e. The fourth-order valence-electron chi connectivity index (χ4n) is 10.8. The smallest absolute Gasteiger partial charge is 0.225 e. The lowest BCUT2D eigenvalue weighted by Crippen LogP contribution is -2.67. The van der Waals surface area contributed by atoms with Gasteiger partial charge in [0.25, 0.3) is 0 Å². The molecule has 81 heavy (non-hydrogen) atoms. The Balaban J connectivity index is 0.000000217. The van der Waals surface area contributed by atoms with Gasteiger partial charge in [-0.1, -0.05) is 138 Å². The Morgan fingerprint density at radius 3 is 1.44 bits per heavy atom. The lowest BCUT2D eigenvalue weighted by molar-refractivity contribution is -0.353. The van der Waals surface area contributed by atoms with Crippen LogP contribution in [0.25, 0.3) is 0 Å². The van der Waals surface area contributed by atoms with Crippen LogP contribution in [0.1, 0.15) is 58.3 Å². The van der Waals surface area contributed by atoms with Gasteiger partial charge in [-0.3, -0.25) is 0 Å². The third-order valence-electron chi connectivity index (χ3n) is 15.1. The molecular weight excluding hydrogens is 1090 g/mol. The van der Waals surface area contributed by atoms with Crippen molar-refractivity contribution in [2.24, 2.45) is 0 Å². The predicted octanol–water partition coefficient (Wildman–Crippen LogP) is 8.88. The van der Waals surface area contributed by atoms with Crippen molar-refractivity contribution in [1.29, 1.82) is 0 Å². The lowest BCUT2D eigenvalue weighted by atomic mass is 9.83. The molecule has 10 atom stereocenters. The number of benzene rings is 7. The summed E-state index contributed by atoms with van der Waals surface area (Å²) in [6, 6.07) is 47.0. The first-order valence-electron chi connectivity index (χ1n) is 28.9. The number of hydrogen-bond donors (Lipinski definition) is 5. The first kappa shape index (κ1) is 50.8. The van der Waals surface area contributed by atoms with Crippen LogP contribution in [0, 0.1) is 11.6 Å². The second kappa shape index (κ2) is 24.9. The summed E-state index contributed by atoms with van der Waals surface area (Å²) in [6.07, 6.45) is -7.13. The van der Waals surface area contributed by atoms with E-state index >= 15 is 0 Å². The van der Waals surface area contributed by atoms with Crippen molar-refractivity contribution in [3.8, 4) is 11.5 Å². The van der Waals surface area contributed by atoms with Crippen LogP contribution in [-0.4, -0.2) is 114 Å². The van der Waals surface area contributed by atoms with Gasteiger partial charge in [-0.15, -0.1) is 0 Å². The topological polar surface area (TPSA) is 184 Å². The molecule has 0 aromatic heterocycles. The lowest BCUT2D eigenvalue weighted by Gasteiger charge is -2.50. The Bertz CT molecular complexity index is 3490. The van der Waals surface area contributed by atoms with Crippen LogP contribution >= 0.6 is 23.2 Å². The molecule has 0 aliphatic carbocycles. The first-order valence-corrected chi connectivity index (χ1v) is 26.7. The molecule has 4 aliphatic rings. The van der Waals surface area contributed by atoms with Gasteiger partial charge >= 0.3 is 0 Å². The molecule has 0 radical (unpaired) electrons. The zero-order chi connectivity index (χ0) is 61.9. The molecule has 0 unspecified atom stereocenters. The van der Waals surface area contributed by atoms with Gasteiger partial charge in [-0.2, -0.15) is 0 Å². The molecule has 18 heteroatoms. The molecule has 14 nitrogen and oxygen atoms in total. The summed E-state index contributed by atoms with van der Waals surface area (Å²) in [7, 11) is -5.58. The second-order valence-corrected chi connectivity index (χ2v) is 21.2. The van der Waals surface area contributed by atoms with Crippen molar-refractivity contribution in [2.75, 3.05) is 40.5 Å². The van der Waals surface area contributed by atoms with Crippen molar-refractivity contribution >= 4 is 23.2 Å². The zero-order valence-corrected chi connectivity index (χ0v) is 44.9. The van der Waals surface area contributed by atoms with Gasteiger partial charge in [0.05, 0.1) is 68.5 Å². The molecular formula is C63H62Cl2F2O14. The molecule has 4 fully saturated rings. The van der Waals surface area contributed by atoms with Crippen LogP contribution in [0.5, 0.6) is 11.5 Å². The number of fused-ring (bicyclic) bond motifs is 4. The third-order valence-corrected chi connectivity index (χ3v) is 15.8. The van der Waals surface area contributed by atoms with E-state index in [1.54, 1.807) is 24.3 Å². The predicted molar refractivity (Wildman–Crippen MR) is 295 cm³/mol. The van der Waals surface area contributed by atoms with Crippen molar-refractivity contribution in [3.05, 3.63) is 236 Å². The Labute approximate surface area is 486 Å². The minimum atomic E-state index is -2.79. The van der Waals surface area contributed by atoms with Crippen molar-refractivity contribution in [3.63, 3.8) is 0 Å². The number of hydrogen-bond acceptors (Lipinski definition) is 14. The number of rotatable bonds is 19. The van der Waals surface area contributed by atoms with Gasteiger partial charge in [-0.25, -0.2) is 8.78 Å². The van der Waals surface area contributed by atoms with Crippen molar-refractivity contribution in [1.82, 2.24) is 0 Å². The van der Waals surface area contributed by atoms with Crippen LogP contribution in [0.3, 0.4) is 0 Å². The molecule has 0 spiro atoms. The van der Waals surface area contributed by atoms with Crippen molar-refractivity contribution < 1.29 is 85.2 Å². The highest BCUT2D eigenvalue weighted by Gasteiger charge is 2.70. The highest BCUT2D eigenvalue weighted by atomic mass is 35.5. The van der Waals surface area contributed by atoms with E-state index in [1.165, 1.54) is 36.4 Å². The molecule has 4 heterocycles. The Morgan fingerprint density at radius 1 is 0.519 bits per heavy atom. The van der Waals surface area contributed by atoms with Gasteiger partial charge in [0, 0.05) is 21.2 Å². The summed E-state index contributed by atoms with van der Waals surface area (Å²) in [6.45, 7) is -0.761. The number of aliphatic hydroxyl groups excluding tert-OH is 5. The summed E-state index contributed by atoms with van der Waals surface area (Å²) in [5.74, 6) is -5.91. The maximum atomic E-state index is 15.0. The quantitative estimate of drug-likeness (QED) is 0.0517. The summed E-state index contributed by atoms with van der Waals surface area (Å²) in [5.41, 5.74) is 2.75. The van der Waals surface area contributed by atoms with E-state index in [1.807, 2.05) is 97.1 Å². The van der Waals surface area contributed by atoms with E-state index in [-0.39, 0.29) is 57.2 Å². The van der Waals surface area contributed by atoms with E-state index in [2.05, 4.69) is 4.74 Å².